The topological polar surface area (TPSA) is 78.3 Å². The SMILES string of the molecule is COCc1cc(-c2cn(C)c3cnc(NC(C)=O)cc23)nc(C2CCOC2)c1. The Labute approximate surface area is 163 Å². The lowest BCUT2D eigenvalue weighted by atomic mass is 10.0. The lowest BCUT2D eigenvalue weighted by Crippen LogP contribution is -2.07. The zero-order valence-electron chi connectivity index (χ0n) is 16.4. The van der Waals surface area contributed by atoms with Gasteiger partial charge in [-0.15, -0.1) is 0 Å². The molecule has 0 saturated carbocycles. The second kappa shape index (κ2) is 7.69. The van der Waals surface area contributed by atoms with Crippen molar-refractivity contribution in [2.75, 3.05) is 25.6 Å². The van der Waals surface area contributed by atoms with E-state index in [0.717, 1.165) is 46.4 Å². The third-order valence-electron chi connectivity index (χ3n) is 5.02. The number of aryl methyl sites for hydroxylation is 1. The fourth-order valence-corrected chi connectivity index (χ4v) is 3.71. The van der Waals surface area contributed by atoms with Crippen LogP contribution < -0.4 is 5.32 Å². The van der Waals surface area contributed by atoms with Crippen molar-refractivity contribution in [2.45, 2.75) is 25.9 Å². The van der Waals surface area contributed by atoms with Crippen LogP contribution in [0.25, 0.3) is 22.2 Å². The Bertz CT molecular complexity index is 1020. The molecule has 0 aliphatic carbocycles. The number of pyridine rings is 2. The van der Waals surface area contributed by atoms with Crippen LogP contribution >= 0.6 is 0 Å². The predicted octanol–water partition coefficient (Wildman–Crippen LogP) is 3.24. The van der Waals surface area contributed by atoms with Gasteiger partial charge in [0.25, 0.3) is 0 Å². The van der Waals surface area contributed by atoms with Crippen LogP contribution in [0.2, 0.25) is 0 Å². The molecule has 3 aromatic heterocycles. The molecular formula is C21H24N4O3. The molecule has 0 spiro atoms. The van der Waals surface area contributed by atoms with E-state index in [1.807, 2.05) is 17.7 Å². The summed E-state index contributed by atoms with van der Waals surface area (Å²) in [6.45, 7) is 3.48. The van der Waals surface area contributed by atoms with Gasteiger partial charge in [0.1, 0.15) is 5.82 Å². The first kappa shape index (κ1) is 18.6. The second-order valence-corrected chi connectivity index (χ2v) is 7.20. The summed E-state index contributed by atoms with van der Waals surface area (Å²) in [6, 6.07) is 6.08. The molecule has 146 valence electrons. The molecule has 0 bridgehead atoms. The highest BCUT2D eigenvalue weighted by atomic mass is 16.5. The summed E-state index contributed by atoms with van der Waals surface area (Å²) in [6.07, 6.45) is 4.81. The lowest BCUT2D eigenvalue weighted by molar-refractivity contribution is -0.114. The van der Waals surface area contributed by atoms with E-state index in [0.29, 0.717) is 24.9 Å². The van der Waals surface area contributed by atoms with Crippen LogP contribution in [-0.2, 0) is 27.9 Å². The number of amides is 1. The van der Waals surface area contributed by atoms with Crippen molar-refractivity contribution in [1.29, 1.82) is 0 Å². The molecule has 0 aromatic carbocycles. The molecule has 1 unspecified atom stereocenters. The van der Waals surface area contributed by atoms with Gasteiger partial charge < -0.3 is 19.4 Å². The molecule has 1 N–H and O–H groups in total. The molecule has 3 aromatic rings. The molecule has 1 aliphatic heterocycles. The van der Waals surface area contributed by atoms with E-state index >= 15 is 0 Å². The summed E-state index contributed by atoms with van der Waals surface area (Å²) < 4.78 is 13.0. The van der Waals surface area contributed by atoms with E-state index < -0.39 is 0 Å². The average Bonchev–Trinajstić information content (AvgIpc) is 3.30. The molecule has 7 nitrogen and oxygen atoms in total. The number of carbonyl (C=O) groups is 1. The summed E-state index contributed by atoms with van der Waals surface area (Å²) in [4.78, 5) is 20.7. The van der Waals surface area contributed by atoms with E-state index in [9.17, 15) is 4.79 Å². The molecular weight excluding hydrogens is 356 g/mol. The first-order chi connectivity index (χ1) is 13.5. The summed E-state index contributed by atoms with van der Waals surface area (Å²) in [5.41, 5.74) is 5.00. The Balaban J connectivity index is 1.84. The average molecular weight is 380 g/mol. The van der Waals surface area contributed by atoms with E-state index in [-0.39, 0.29) is 5.91 Å². The Hall–Kier alpha value is -2.77. The highest BCUT2D eigenvalue weighted by molar-refractivity contribution is 5.98. The first-order valence-corrected chi connectivity index (χ1v) is 9.35. The zero-order valence-corrected chi connectivity index (χ0v) is 16.4. The van der Waals surface area contributed by atoms with Crippen molar-refractivity contribution in [3.8, 4) is 11.3 Å². The Morgan fingerprint density at radius 2 is 2.25 bits per heavy atom. The Kier molecular flexibility index (Phi) is 5.11. The number of hydrogen-bond acceptors (Lipinski definition) is 5. The summed E-state index contributed by atoms with van der Waals surface area (Å²) in [5.74, 6) is 0.695. The number of fused-ring (bicyclic) bond motifs is 1. The summed E-state index contributed by atoms with van der Waals surface area (Å²) in [7, 11) is 3.68. The minimum atomic E-state index is -0.145. The van der Waals surface area contributed by atoms with Crippen LogP contribution in [-0.4, -0.2) is 40.8 Å². The minimum Gasteiger partial charge on any atom is -0.381 e. The second-order valence-electron chi connectivity index (χ2n) is 7.20. The fraction of sp³-hybridized carbons (Fsp3) is 0.381. The Morgan fingerprint density at radius 3 is 2.96 bits per heavy atom. The van der Waals surface area contributed by atoms with Crippen molar-refractivity contribution < 1.29 is 14.3 Å². The highest BCUT2D eigenvalue weighted by Gasteiger charge is 2.21. The van der Waals surface area contributed by atoms with Gasteiger partial charge in [0.05, 0.1) is 30.6 Å². The van der Waals surface area contributed by atoms with Gasteiger partial charge in [-0.2, -0.15) is 0 Å². The number of aromatic nitrogens is 3. The van der Waals surface area contributed by atoms with E-state index in [2.05, 4.69) is 28.6 Å². The molecule has 7 heteroatoms. The monoisotopic (exact) mass is 380 g/mol. The molecule has 1 fully saturated rings. The van der Waals surface area contributed by atoms with E-state index in [1.54, 1.807) is 13.3 Å². The summed E-state index contributed by atoms with van der Waals surface area (Å²) in [5, 5.41) is 3.75. The number of nitrogens with one attached hydrogen (secondary N) is 1. The standard InChI is InChI=1S/C21H24N4O3/c1-13(26)23-21-8-16-17(10-25(2)20(16)9-22-21)19-7-14(11-27-3)6-18(24-19)15-4-5-28-12-15/h6-10,15H,4-5,11-12H2,1-3H3,(H,22,23,26). The van der Waals surface area contributed by atoms with E-state index in [4.69, 9.17) is 14.5 Å². The highest BCUT2D eigenvalue weighted by Crippen LogP contribution is 2.33. The molecule has 4 heterocycles. The van der Waals surface area contributed by atoms with Gasteiger partial charge in [-0.3, -0.25) is 9.78 Å². The van der Waals surface area contributed by atoms with Crippen LogP contribution in [0.15, 0.2) is 30.6 Å². The third-order valence-corrected chi connectivity index (χ3v) is 5.02. The van der Waals surface area contributed by atoms with Crippen molar-refractivity contribution in [3.05, 3.63) is 41.9 Å². The normalized spacial score (nSPS) is 16.6. The third kappa shape index (κ3) is 3.63. The number of methoxy groups -OCH3 is 1. The number of rotatable bonds is 5. The van der Waals surface area contributed by atoms with Crippen LogP contribution in [0.4, 0.5) is 5.82 Å². The molecule has 1 aliphatic rings. The molecule has 1 saturated heterocycles. The van der Waals surface area contributed by atoms with Crippen LogP contribution in [0.1, 0.15) is 30.5 Å². The van der Waals surface area contributed by atoms with Gasteiger partial charge in [0, 0.05) is 56.4 Å². The smallest absolute Gasteiger partial charge is 0.222 e. The zero-order chi connectivity index (χ0) is 19.7. The van der Waals surface area contributed by atoms with Gasteiger partial charge in [-0.25, -0.2) is 4.98 Å². The van der Waals surface area contributed by atoms with Crippen molar-refractivity contribution >= 4 is 22.6 Å². The van der Waals surface area contributed by atoms with Gasteiger partial charge in [0.2, 0.25) is 5.91 Å². The molecule has 0 radical (unpaired) electrons. The Morgan fingerprint density at radius 1 is 1.39 bits per heavy atom. The number of hydrogen-bond donors (Lipinski definition) is 1. The van der Waals surface area contributed by atoms with Crippen LogP contribution in [0.3, 0.4) is 0 Å². The van der Waals surface area contributed by atoms with Gasteiger partial charge in [-0.05, 0) is 30.2 Å². The van der Waals surface area contributed by atoms with Gasteiger partial charge >= 0.3 is 0 Å². The number of carbonyl (C=O) groups excluding carboxylic acids is 1. The minimum absolute atomic E-state index is 0.145. The van der Waals surface area contributed by atoms with Gasteiger partial charge in [-0.1, -0.05) is 0 Å². The molecule has 28 heavy (non-hydrogen) atoms. The number of anilines is 1. The van der Waals surface area contributed by atoms with E-state index in [1.165, 1.54) is 6.92 Å². The quantitative estimate of drug-likeness (QED) is 0.735. The van der Waals surface area contributed by atoms with Crippen molar-refractivity contribution in [2.24, 2.45) is 7.05 Å². The van der Waals surface area contributed by atoms with Crippen LogP contribution in [0, 0.1) is 0 Å². The molecule has 4 rings (SSSR count). The maximum absolute atomic E-state index is 11.4. The lowest BCUT2D eigenvalue weighted by Gasteiger charge is -2.12. The first-order valence-electron chi connectivity index (χ1n) is 9.35. The molecule has 1 atom stereocenters. The number of nitrogens with zero attached hydrogens (tertiary/aromatic N) is 3. The summed E-state index contributed by atoms with van der Waals surface area (Å²) >= 11 is 0. The largest absolute Gasteiger partial charge is 0.381 e. The van der Waals surface area contributed by atoms with Crippen molar-refractivity contribution in [3.63, 3.8) is 0 Å². The van der Waals surface area contributed by atoms with Crippen molar-refractivity contribution in [1.82, 2.24) is 14.5 Å². The fourth-order valence-electron chi connectivity index (χ4n) is 3.71. The maximum Gasteiger partial charge on any atom is 0.222 e. The molecule has 1 amide bonds. The predicted molar refractivity (Wildman–Crippen MR) is 107 cm³/mol. The van der Waals surface area contributed by atoms with Crippen LogP contribution in [0.5, 0.6) is 0 Å². The maximum atomic E-state index is 11.4. The van der Waals surface area contributed by atoms with Gasteiger partial charge in [0.15, 0.2) is 0 Å². The number of ether oxygens (including phenoxy) is 2.